The zero-order valence-electron chi connectivity index (χ0n) is 13.5. The number of nitrogens with zero attached hydrogens (tertiary/aromatic N) is 1. The van der Waals surface area contributed by atoms with Gasteiger partial charge < -0.3 is 10.2 Å². The van der Waals surface area contributed by atoms with Crippen molar-refractivity contribution in [1.29, 1.82) is 0 Å². The Morgan fingerprint density at radius 2 is 1.96 bits per heavy atom. The maximum absolute atomic E-state index is 12.1. The molecule has 0 bridgehead atoms. The Hall–Kier alpha value is -2.14. The molecule has 122 valence electrons. The number of anilines is 1. The Morgan fingerprint density at radius 1 is 1.17 bits per heavy atom. The second kappa shape index (κ2) is 8.48. The molecule has 4 nitrogen and oxygen atoms in total. The van der Waals surface area contributed by atoms with Gasteiger partial charge in [-0.15, -0.1) is 11.3 Å². The fraction of sp³-hybridized carbons (Fsp3) is 0.333. The lowest BCUT2D eigenvalue weighted by Gasteiger charge is -2.17. The molecule has 0 saturated carbocycles. The molecule has 0 fully saturated rings. The van der Waals surface area contributed by atoms with Crippen molar-refractivity contribution in [1.82, 2.24) is 4.90 Å². The van der Waals surface area contributed by atoms with E-state index in [4.69, 9.17) is 0 Å². The summed E-state index contributed by atoms with van der Waals surface area (Å²) in [4.78, 5) is 26.9. The van der Waals surface area contributed by atoms with E-state index in [1.807, 2.05) is 48.7 Å². The summed E-state index contributed by atoms with van der Waals surface area (Å²) < 4.78 is 0. The third kappa shape index (κ3) is 5.21. The van der Waals surface area contributed by atoms with Gasteiger partial charge in [0.25, 0.3) is 0 Å². The van der Waals surface area contributed by atoms with E-state index in [1.54, 1.807) is 18.4 Å². The Bertz CT molecular complexity index is 653. The average molecular weight is 330 g/mol. The molecule has 0 unspecified atom stereocenters. The van der Waals surface area contributed by atoms with Gasteiger partial charge in [-0.3, -0.25) is 9.59 Å². The van der Waals surface area contributed by atoms with Crippen LogP contribution in [0.25, 0.3) is 0 Å². The lowest BCUT2D eigenvalue weighted by molar-refractivity contribution is -0.133. The molecule has 2 rings (SSSR count). The van der Waals surface area contributed by atoms with Gasteiger partial charge >= 0.3 is 0 Å². The van der Waals surface area contributed by atoms with Crippen LogP contribution in [0.2, 0.25) is 0 Å². The van der Waals surface area contributed by atoms with E-state index < -0.39 is 0 Å². The van der Waals surface area contributed by atoms with Gasteiger partial charge in [-0.2, -0.15) is 0 Å². The summed E-state index contributed by atoms with van der Waals surface area (Å²) in [5, 5.41) is 4.89. The molecule has 23 heavy (non-hydrogen) atoms. The summed E-state index contributed by atoms with van der Waals surface area (Å²) in [7, 11) is 1.67. The van der Waals surface area contributed by atoms with Gasteiger partial charge in [-0.1, -0.05) is 31.2 Å². The molecule has 0 spiro atoms. The summed E-state index contributed by atoms with van der Waals surface area (Å²) in [6.45, 7) is 2.12. The van der Waals surface area contributed by atoms with Gasteiger partial charge in [-0.25, -0.2) is 0 Å². The number of hydrogen-bond donors (Lipinski definition) is 1. The van der Waals surface area contributed by atoms with Crippen LogP contribution in [0.15, 0.2) is 41.8 Å². The van der Waals surface area contributed by atoms with Crippen LogP contribution in [0.3, 0.4) is 0 Å². The zero-order valence-corrected chi connectivity index (χ0v) is 14.4. The van der Waals surface area contributed by atoms with Gasteiger partial charge in [0, 0.05) is 24.0 Å². The zero-order chi connectivity index (χ0) is 16.7. The van der Waals surface area contributed by atoms with Crippen molar-refractivity contribution in [2.75, 3.05) is 18.9 Å². The van der Waals surface area contributed by atoms with Gasteiger partial charge in [0.05, 0.1) is 6.54 Å². The van der Waals surface area contributed by atoms with Crippen molar-refractivity contribution in [3.05, 3.63) is 52.2 Å². The number of benzene rings is 1. The van der Waals surface area contributed by atoms with E-state index in [0.717, 1.165) is 24.1 Å². The largest absolute Gasteiger partial charge is 0.336 e. The Kier molecular flexibility index (Phi) is 6.35. The summed E-state index contributed by atoms with van der Waals surface area (Å²) in [5.41, 5.74) is 1.91. The number of nitrogens with one attached hydrogen (secondary N) is 1. The lowest BCUT2D eigenvalue weighted by atomic mass is 10.1. The number of para-hydroxylation sites is 1. The first-order valence-corrected chi connectivity index (χ1v) is 8.62. The number of hydrogen-bond acceptors (Lipinski definition) is 3. The molecular formula is C18H22N2O2S. The second-order valence-electron chi connectivity index (χ2n) is 5.39. The molecule has 0 radical (unpaired) electrons. The highest BCUT2D eigenvalue weighted by molar-refractivity contribution is 7.09. The molecule has 0 aliphatic heterocycles. The lowest BCUT2D eigenvalue weighted by Crippen LogP contribution is -2.35. The molecule has 2 amide bonds. The summed E-state index contributed by atoms with van der Waals surface area (Å²) in [6.07, 6.45) is 2.00. The van der Waals surface area contributed by atoms with Crippen LogP contribution >= 0.6 is 11.3 Å². The van der Waals surface area contributed by atoms with E-state index in [9.17, 15) is 9.59 Å². The normalized spacial score (nSPS) is 10.3. The van der Waals surface area contributed by atoms with Crippen LogP contribution in [-0.2, 0) is 22.4 Å². The highest BCUT2D eigenvalue weighted by Gasteiger charge is 2.14. The first kappa shape index (κ1) is 17.2. The first-order valence-electron chi connectivity index (χ1n) is 7.74. The van der Waals surface area contributed by atoms with Crippen molar-refractivity contribution < 1.29 is 9.59 Å². The molecule has 1 aromatic carbocycles. The predicted octanol–water partition coefficient (Wildman–Crippen LogP) is 3.34. The van der Waals surface area contributed by atoms with E-state index in [0.29, 0.717) is 6.42 Å². The molecule has 1 heterocycles. The molecule has 0 aliphatic carbocycles. The Balaban J connectivity index is 1.82. The molecule has 2 aromatic rings. The number of carbonyl (C=O) groups is 2. The standard InChI is InChI=1S/C18H22N2O2S/c1-3-14-7-4-5-9-16(14)19-17(21)13-20(2)18(22)11-10-15-8-6-12-23-15/h4-9,12H,3,10-11,13H2,1-2H3,(H,19,21). The Morgan fingerprint density at radius 3 is 2.65 bits per heavy atom. The van der Waals surface area contributed by atoms with Crippen molar-refractivity contribution in [3.63, 3.8) is 0 Å². The minimum atomic E-state index is -0.169. The average Bonchev–Trinajstić information content (AvgIpc) is 3.06. The topological polar surface area (TPSA) is 49.4 Å². The maximum atomic E-state index is 12.1. The molecular weight excluding hydrogens is 308 g/mol. The van der Waals surface area contributed by atoms with Crippen molar-refractivity contribution >= 4 is 28.8 Å². The van der Waals surface area contributed by atoms with Crippen molar-refractivity contribution in [2.24, 2.45) is 0 Å². The van der Waals surface area contributed by atoms with Crippen molar-refractivity contribution in [2.45, 2.75) is 26.2 Å². The second-order valence-corrected chi connectivity index (χ2v) is 6.42. The van der Waals surface area contributed by atoms with E-state index >= 15 is 0 Å². The predicted molar refractivity (Wildman–Crippen MR) is 94.7 cm³/mol. The van der Waals surface area contributed by atoms with Crippen LogP contribution in [0.4, 0.5) is 5.69 Å². The number of carbonyl (C=O) groups excluding carboxylic acids is 2. The fourth-order valence-electron chi connectivity index (χ4n) is 2.32. The van der Waals surface area contributed by atoms with E-state index in [-0.39, 0.29) is 18.4 Å². The highest BCUT2D eigenvalue weighted by Crippen LogP contribution is 2.15. The van der Waals surface area contributed by atoms with Gasteiger partial charge in [0.1, 0.15) is 0 Å². The third-order valence-corrected chi connectivity index (χ3v) is 4.58. The minimum absolute atomic E-state index is 0.0164. The quantitative estimate of drug-likeness (QED) is 0.846. The number of likely N-dealkylation sites (N-methyl/N-ethyl adjacent to an activating group) is 1. The summed E-state index contributed by atoms with van der Waals surface area (Å²) >= 11 is 1.65. The minimum Gasteiger partial charge on any atom is -0.336 e. The molecule has 0 saturated heterocycles. The molecule has 5 heteroatoms. The SMILES string of the molecule is CCc1ccccc1NC(=O)CN(C)C(=O)CCc1cccs1. The monoisotopic (exact) mass is 330 g/mol. The van der Waals surface area contributed by atoms with Gasteiger partial charge in [0.2, 0.25) is 11.8 Å². The van der Waals surface area contributed by atoms with Gasteiger partial charge in [-0.05, 0) is 35.9 Å². The summed E-state index contributed by atoms with van der Waals surface area (Å²) in [6, 6.07) is 11.7. The number of aryl methyl sites for hydroxylation is 2. The fourth-order valence-corrected chi connectivity index (χ4v) is 3.03. The molecule has 0 atom stereocenters. The molecule has 1 N–H and O–H groups in total. The van der Waals surface area contributed by atoms with Crippen LogP contribution in [0.5, 0.6) is 0 Å². The van der Waals surface area contributed by atoms with Crippen LogP contribution < -0.4 is 5.32 Å². The van der Waals surface area contributed by atoms with E-state index in [2.05, 4.69) is 5.32 Å². The third-order valence-electron chi connectivity index (χ3n) is 3.64. The van der Waals surface area contributed by atoms with Crippen LogP contribution in [0, 0.1) is 0 Å². The van der Waals surface area contributed by atoms with E-state index in [1.165, 1.54) is 9.78 Å². The number of amides is 2. The summed E-state index contributed by atoms with van der Waals surface area (Å²) in [5.74, 6) is -0.185. The molecule has 1 aromatic heterocycles. The first-order chi connectivity index (χ1) is 11.1. The maximum Gasteiger partial charge on any atom is 0.243 e. The van der Waals surface area contributed by atoms with Crippen LogP contribution in [-0.4, -0.2) is 30.3 Å². The highest BCUT2D eigenvalue weighted by atomic mass is 32.1. The smallest absolute Gasteiger partial charge is 0.243 e. The number of rotatable bonds is 7. The number of thiophene rings is 1. The molecule has 0 aliphatic rings. The van der Waals surface area contributed by atoms with Crippen molar-refractivity contribution in [3.8, 4) is 0 Å². The Labute approximate surface area is 141 Å². The van der Waals surface area contributed by atoms with Crippen LogP contribution in [0.1, 0.15) is 23.8 Å². The van der Waals surface area contributed by atoms with Gasteiger partial charge in [0.15, 0.2) is 0 Å².